The van der Waals surface area contributed by atoms with Gasteiger partial charge in [0.1, 0.15) is 30.0 Å². The summed E-state index contributed by atoms with van der Waals surface area (Å²) in [6, 6.07) is 11.2. The van der Waals surface area contributed by atoms with Crippen LogP contribution in [0.25, 0.3) is 11.1 Å². The average molecular weight is 1040 g/mol. The van der Waals surface area contributed by atoms with Gasteiger partial charge in [-0.2, -0.15) is 0 Å². The Balaban J connectivity index is 1.18. The van der Waals surface area contributed by atoms with Gasteiger partial charge in [-0.05, 0) is 110 Å². The molecule has 18 atom stereocenters. The summed E-state index contributed by atoms with van der Waals surface area (Å²) in [5, 5.41) is 68.5. The van der Waals surface area contributed by atoms with Crippen molar-refractivity contribution in [2.24, 2.45) is 17.8 Å². The molecule has 5 N–H and O–H groups in total. The third-order valence-electron chi connectivity index (χ3n) is 16.1. The summed E-state index contributed by atoms with van der Waals surface area (Å²) in [6.45, 7) is 20.0. The molecule has 0 unspecified atom stereocenters. The van der Waals surface area contributed by atoms with Crippen LogP contribution in [0.2, 0.25) is 0 Å². The molecular formula is C55H88N6O13. The van der Waals surface area contributed by atoms with Crippen molar-refractivity contribution in [3.8, 4) is 11.1 Å². The van der Waals surface area contributed by atoms with Crippen molar-refractivity contribution in [3.63, 3.8) is 0 Å². The molecule has 0 radical (unpaired) electrons. The number of hydrogen-bond acceptors (Lipinski definition) is 18. The Labute approximate surface area is 438 Å². The molecule has 0 amide bonds. The number of esters is 1. The molecular weight excluding hydrogens is 953 g/mol. The summed E-state index contributed by atoms with van der Waals surface area (Å²) in [4.78, 5) is 22.7. The summed E-state index contributed by atoms with van der Waals surface area (Å²) in [7, 11) is 5.29. The van der Waals surface area contributed by atoms with Gasteiger partial charge in [-0.1, -0.05) is 56.3 Å². The molecule has 5 heterocycles. The second-order valence-corrected chi connectivity index (χ2v) is 22.4. The lowest BCUT2D eigenvalue weighted by molar-refractivity contribution is -0.318. The molecule has 3 aromatic rings. The van der Waals surface area contributed by atoms with Gasteiger partial charge in [0.15, 0.2) is 12.6 Å². The number of likely N-dealkylation sites (N-methyl/N-ethyl adjacent to an activating group) is 2. The highest BCUT2D eigenvalue weighted by molar-refractivity contribution is 5.73. The number of hydrogen-bond donors (Lipinski definition) is 5. The predicted octanol–water partition coefficient (Wildman–Crippen LogP) is 4.38. The van der Waals surface area contributed by atoms with Crippen molar-refractivity contribution in [1.29, 1.82) is 0 Å². The highest BCUT2D eigenvalue weighted by Crippen LogP contribution is 2.40. The van der Waals surface area contributed by atoms with Crippen molar-refractivity contribution < 1.29 is 63.5 Å². The predicted molar refractivity (Wildman–Crippen MR) is 276 cm³/mol. The van der Waals surface area contributed by atoms with E-state index in [0.717, 1.165) is 22.4 Å². The van der Waals surface area contributed by atoms with Gasteiger partial charge < -0.3 is 68.5 Å². The fourth-order valence-corrected chi connectivity index (χ4v) is 11.4. The number of aliphatic hydroxyl groups excluding tert-OH is 3. The Hall–Kier alpha value is -3.54. The highest BCUT2D eigenvalue weighted by atomic mass is 16.7. The summed E-state index contributed by atoms with van der Waals surface area (Å²) in [5.41, 5.74) is -0.509. The molecule has 0 spiro atoms. The Kier molecular flexibility index (Phi) is 20.8. The van der Waals surface area contributed by atoms with Crippen LogP contribution in [0.4, 0.5) is 0 Å². The van der Waals surface area contributed by atoms with E-state index in [9.17, 15) is 30.3 Å². The molecule has 74 heavy (non-hydrogen) atoms. The molecule has 6 rings (SSSR count). The summed E-state index contributed by atoms with van der Waals surface area (Å²) < 4.78 is 46.1. The zero-order valence-corrected chi connectivity index (χ0v) is 46.1. The number of methoxy groups -OCH3 is 1. The van der Waals surface area contributed by atoms with E-state index >= 15 is 0 Å². The molecule has 1 aromatic carbocycles. The van der Waals surface area contributed by atoms with E-state index in [4.69, 9.17) is 33.2 Å². The zero-order chi connectivity index (χ0) is 54.3. The monoisotopic (exact) mass is 1040 g/mol. The van der Waals surface area contributed by atoms with E-state index in [1.54, 1.807) is 52.4 Å². The van der Waals surface area contributed by atoms with Crippen LogP contribution < -0.4 is 0 Å². The van der Waals surface area contributed by atoms with Crippen LogP contribution >= 0.6 is 0 Å². The van der Waals surface area contributed by atoms with Gasteiger partial charge in [-0.3, -0.25) is 9.78 Å². The third-order valence-corrected chi connectivity index (χ3v) is 16.1. The molecule has 19 nitrogen and oxygen atoms in total. The number of nitrogens with zero attached hydrogens (tertiary/aromatic N) is 6. The van der Waals surface area contributed by atoms with Crippen LogP contribution in [0.5, 0.6) is 0 Å². The van der Waals surface area contributed by atoms with Crippen molar-refractivity contribution in [1.82, 2.24) is 29.8 Å². The number of cyclic esters (lactones) is 1. The standard InChI is InChI=1S/C55H88N6O13/c1-14-44-55(10,67)48(63)37(6)60(12)30-33(2)27-53(8,66)50(35(4)47(36(5)51(65)72-44)73-45-28-54(9,68-13)49(64)38(7)71-45)74-52-46(62)43(26-34(3)70-52)59(11)23-21-42-31-61(58-57-42)24-25-69-32-39-17-19-40(20-18-39)41-16-15-22-56-29-41/h15-20,22,29,31,33-38,43-50,52,62-64,66-67H,14,21,23-28,30,32H2,1-13H3/t33-,34-,35+,36-,37-,38+,43+,44-,45+,46-,47+,48-,49+,50-,52+,53-,54-,55-/m1/s1. The van der Waals surface area contributed by atoms with Gasteiger partial charge in [0.2, 0.25) is 0 Å². The van der Waals surface area contributed by atoms with E-state index in [-0.39, 0.29) is 31.3 Å². The fraction of sp³-hybridized carbons (Fsp3) is 0.745. The quantitative estimate of drug-likeness (QED) is 0.0990. The molecule has 3 aliphatic heterocycles. The lowest BCUT2D eigenvalue weighted by Gasteiger charge is -2.49. The minimum absolute atomic E-state index is 0.104. The van der Waals surface area contributed by atoms with E-state index in [0.29, 0.717) is 45.7 Å². The van der Waals surface area contributed by atoms with Gasteiger partial charge >= 0.3 is 5.97 Å². The second kappa shape index (κ2) is 25.7. The number of aliphatic hydroxyl groups is 5. The van der Waals surface area contributed by atoms with Crippen LogP contribution in [-0.4, -0.2) is 192 Å². The lowest BCUT2D eigenvalue weighted by atomic mass is 9.77. The Morgan fingerprint density at radius 3 is 2.31 bits per heavy atom. The van der Waals surface area contributed by atoms with Crippen molar-refractivity contribution in [2.45, 2.75) is 205 Å². The van der Waals surface area contributed by atoms with Crippen LogP contribution in [0.1, 0.15) is 106 Å². The number of ether oxygens (including phenoxy) is 7. The smallest absolute Gasteiger partial charge is 0.311 e. The third kappa shape index (κ3) is 14.5. The van der Waals surface area contributed by atoms with Gasteiger partial charge in [-0.15, -0.1) is 5.10 Å². The molecule has 3 fully saturated rings. The minimum atomic E-state index is -1.84. The van der Waals surface area contributed by atoms with Gasteiger partial charge in [0.25, 0.3) is 0 Å². The van der Waals surface area contributed by atoms with Gasteiger partial charge in [0, 0.05) is 69.6 Å². The molecule has 0 aliphatic carbocycles. The van der Waals surface area contributed by atoms with Gasteiger partial charge in [-0.25, -0.2) is 4.68 Å². The van der Waals surface area contributed by atoms with Crippen molar-refractivity contribution >= 4 is 5.97 Å². The first-order valence-electron chi connectivity index (χ1n) is 26.6. The molecule has 3 aliphatic rings. The first-order valence-corrected chi connectivity index (χ1v) is 26.6. The minimum Gasteiger partial charge on any atom is -0.459 e. The normalized spacial score (nSPS) is 38.3. The largest absolute Gasteiger partial charge is 0.459 e. The second-order valence-electron chi connectivity index (χ2n) is 22.4. The average Bonchev–Trinajstić information content (AvgIpc) is 3.83. The zero-order valence-electron chi connectivity index (χ0n) is 46.1. The number of carbonyl (C=O) groups is 1. The number of aromatic nitrogens is 4. The van der Waals surface area contributed by atoms with Crippen molar-refractivity contribution in [2.75, 3.05) is 40.9 Å². The lowest BCUT2D eigenvalue weighted by Crippen LogP contribution is -2.61. The Bertz CT molecular complexity index is 2190. The summed E-state index contributed by atoms with van der Waals surface area (Å²) >= 11 is 0. The maximum absolute atomic E-state index is 14.5. The van der Waals surface area contributed by atoms with E-state index < -0.39 is 102 Å². The molecule has 0 bridgehead atoms. The van der Waals surface area contributed by atoms with E-state index in [2.05, 4.69) is 44.5 Å². The van der Waals surface area contributed by atoms with Crippen molar-refractivity contribution in [3.05, 3.63) is 66.2 Å². The van der Waals surface area contributed by atoms with Crippen LogP contribution in [0.15, 0.2) is 55.0 Å². The Morgan fingerprint density at radius 2 is 1.65 bits per heavy atom. The molecule has 0 saturated carbocycles. The van der Waals surface area contributed by atoms with E-state index in [1.165, 1.54) is 14.0 Å². The Morgan fingerprint density at radius 1 is 0.932 bits per heavy atom. The molecule has 416 valence electrons. The summed E-state index contributed by atoms with van der Waals surface area (Å²) in [5.74, 6) is -2.77. The number of rotatable bonds is 16. The number of benzene rings is 1. The maximum atomic E-state index is 14.5. The van der Waals surface area contributed by atoms with Gasteiger partial charge in [0.05, 0.1) is 67.0 Å². The molecule has 2 aromatic heterocycles. The molecule has 19 heteroatoms. The topological polar surface area (TPSA) is 233 Å². The maximum Gasteiger partial charge on any atom is 0.311 e. The number of pyridine rings is 1. The summed E-state index contributed by atoms with van der Waals surface area (Å²) in [6.07, 6.45) is -2.93. The first-order chi connectivity index (χ1) is 34.9. The first kappa shape index (κ1) is 59.7. The van der Waals surface area contributed by atoms with Crippen LogP contribution in [0.3, 0.4) is 0 Å². The van der Waals surface area contributed by atoms with E-state index in [1.807, 2.05) is 64.3 Å². The highest BCUT2D eigenvalue weighted by Gasteiger charge is 2.53. The SMILES string of the molecule is CC[C@H]1OC(=O)[C@H](C)[C@@H](O[C@H]2C[C@@](C)(OC)[C@@H](O)[C@H](C)O2)[C@H](C)[C@@H](O[C@@H]2O[C@H](C)C[C@H](N(C)CCc3cn(CCOCc4ccc(-c5cccnc5)cc4)nn3)[C@H]2O)[C@](C)(O)C[C@@H](C)CN(C)[C@H](C)[C@@H](O)[C@]1(C)O. The number of carbonyl (C=O) groups excluding carboxylic acids is 1. The fourth-order valence-electron chi connectivity index (χ4n) is 11.4. The van der Waals surface area contributed by atoms with Crippen LogP contribution in [0, 0.1) is 17.8 Å². The van der Waals surface area contributed by atoms with Crippen LogP contribution in [-0.2, 0) is 57.5 Å². The molecule has 3 saturated heterocycles.